The second kappa shape index (κ2) is 10.7. The van der Waals surface area contributed by atoms with E-state index in [0.29, 0.717) is 34.7 Å². The molecule has 0 saturated carbocycles. The van der Waals surface area contributed by atoms with Gasteiger partial charge in [-0.2, -0.15) is 0 Å². The van der Waals surface area contributed by atoms with E-state index < -0.39 is 5.97 Å². The zero-order valence-corrected chi connectivity index (χ0v) is 20.9. The van der Waals surface area contributed by atoms with Gasteiger partial charge in [-0.1, -0.05) is 66.7 Å². The van der Waals surface area contributed by atoms with Gasteiger partial charge < -0.3 is 9.52 Å². The van der Waals surface area contributed by atoms with Crippen molar-refractivity contribution in [3.8, 4) is 11.3 Å². The quantitative estimate of drug-likeness (QED) is 0.284. The maximum absolute atomic E-state index is 13.4. The van der Waals surface area contributed by atoms with Gasteiger partial charge in [0.25, 0.3) is 5.91 Å². The Kier molecular flexibility index (Phi) is 7.05. The van der Waals surface area contributed by atoms with Crippen molar-refractivity contribution in [2.75, 3.05) is 0 Å². The Morgan fingerprint density at radius 2 is 1.68 bits per heavy atom. The number of thioether (sulfide) groups is 1. The minimum absolute atomic E-state index is 0.124. The zero-order chi connectivity index (χ0) is 25.8. The Morgan fingerprint density at radius 3 is 2.35 bits per heavy atom. The monoisotopic (exact) mass is 508 g/mol. The average Bonchev–Trinajstić information content (AvgIpc) is 3.49. The number of carboxylic acids is 1. The van der Waals surface area contributed by atoms with E-state index in [9.17, 15) is 14.7 Å². The van der Waals surface area contributed by atoms with E-state index >= 15 is 0 Å². The Morgan fingerprint density at radius 1 is 0.973 bits per heavy atom. The van der Waals surface area contributed by atoms with Gasteiger partial charge in [0.15, 0.2) is 5.17 Å². The van der Waals surface area contributed by atoms with Crippen molar-refractivity contribution < 1.29 is 19.1 Å². The highest BCUT2D eigenvalue weighted by atomic mass is 32.2. The summed E-state index contributed by atoms with van der Waals surface area (Å²) in [6.07, 6.45) is 1.74. The first kappa shape index (κ1) is 24.3. The van der Waals surface area contributed by atoms with Crippen molar-refractivity contribution in [1.29, 1.82) is 0 Å². The van der Waals surface area contributed by atoms with E-state index in [-0.39, 0.29) is 11.5 Å². The van der Waals surface area contributed by atoms with E-state index in [1.165, 1.54) is 11.8 Å². The number of aliphatic imine (C=N–C) groups is 1. The molecule has 1 aliphatic rings. The number of nitrogens with zero attached hydrogens (tertiary/aromatic N) is 2. The molecule has 5 rings (SSSR count). The van der Waals surface area contributed by atoms with Crippen molar-refractivity contribution in [1.82, 2.24) is 4.90 Å². The van der Waals surface area contributed by atoms with Crippen LogP contribution in [0.25, 0.3) is 17.4 Å². The molecule has 3 aromatic carbocycles. The number of rotatable bonds is 7. The van der Waals surface area contributed by atoms with Crippen molar-refractivity contribution in [3.05, 3.63) is 124 Å². The van der Waals surface area contributed by atoms with Gasteiger partial charge in [0.2, 0.25) is 0 Å². The van der Waals surface area contributed by atoms with Gasteiger partial charge in [-0.05, 0) is 59.6 Å². The fraction of sp³-hybridized carbons (Fsp3) is 0.100. The van der Waals surface area contributed by atoms with Crippen LogP contribution in [0.2, 0.25) is 0 Å². The topological polar surface area (TPSA) is 83.1 Å². The maximum Gasteiger partial charge on any atom is 0.335 e. The number of carbonyl (C=O) groups is 2. The van der Waals surface area contributed by atoms with Crippen LogP contribution in [0.5, 0.6) is 0 Å². The smallest absolute Gasteiger partial charge is 0.335 e. The molecular formula is C30H24N2O4S. The fourth-order valence-electron chi connectivity index (χ4n) is 4.05. The van der Waals surface area contributed by atoms with Gasteiger partial charge in [0, 0.05) is 11.6 Å². The predicted molar refractivity (Wildman–Crippen MR) is 146 cm³/mol. The molecule has 7 heteroatoms. The molecule has 1 fully saturated rings. The Hall–Kier alpha value is -4.36. The van der Waals surface area contributed by atoms with Crippen molar-refractivity contribution in [2.24, 2.45) is 4.99 Å². The molecule has 0 spiro atoms. The number of carbonyl (C=O) groups excluding carboxylic acids is 1. The first-order valence-corrected chi connectivity index (χ1v) is 12.6. The van der Waals surface area contributed by atoms with Gasteiger partial charge in [0.05, 0.1) is 23.6 Å². The molecule has 37 heavy (non-hydrogen) atoms. The summed E-state index contributed by atoms with van der Waals surface area (Å²) in [7, 11) is 0. The van der Waals surface area contributed by atoms with Crippen LogP contribution >= 0.6 is 11.8 Å². The standard InChI is InChI=1S/C30H24N2O4S/c1-20-16-23(29(34)35)12-14-25(20)26-15-13-24(36-26)17-27-28(33)32(19-22-10-6-3-7-11-22)30(37-27)31-18-21-8-4-2-5-9-21/h2-17H,18-19H2,1H3,(H,34,35)/b27-17-,31-30?. The molecular weight excluding hydrogens is 484 g/mol. The molecule has 0 bridgehead atoms. The molecule has 6 nitrogen and oxygen atoms in total. The number of carboxylic acid groups (broad SMARTS) is 1. The van der Waals surface area contributed by atoms with E-state index in [1.807, 2.05) is 73.7 Å². The Labute approximate surface area is 219 Å². The number of hydrogen-bond donors (Lipinski definition) is 1. The number of amidine groups is 1. The number of amides is 1. The van der Waals surface area contributed by atoms with Crippen LogP contribution in [0.4, 0.5) is 0 Å². The lowest BCUT2D eigenvalue weighted by atomic mass is 10.0. The van der Waals surface area contributed by atoms with Crippen LogP contribution in [0.3, 0.4) is 0 Å². The molecule has 4 aromatic rings. The molecule has 1 aliphatic heterocycles. The molecule has 1 amide bonds. The lowest BCUT2D eigenvalue weighted by molar-refractivity contribution is -0.122. The summed E-state index contributed by atoms with van der Waals surface area (Å²) in [4.78, 5) is 31.7. The fourth-order valence-corrected chi connectivity index (χ4v) is 5.01. The van der Waals surface area contributed by atoms with Crippen LogP contribution < -0.4 is 0 Å². The number of aryl methyl sites for hydroxylation is 1. The molecule has 0 unspecified atom stereocenters. The second-order valence-electron chi connectivity index (χ2n) is 8.61. The van der Waals surface area contributed by atoms with Crippen molar-refractivity contribution in [2.45, 2.75) is 20.0 Å². The molecule has 2 heterocycles. The van der Waals surface area contributed by atoms with Gasteiger partial charge in [-0.25, -0.2) is 4.79 Å². The number of furan rings is 1. The zero-order valence-electron chi connectivity index (χ0n) is 20.1. The average molecular weight is 509 g/mol. The maximum atomic E-state index is 13.4. The summed E-state index contributed by atoms with van der Waals surface area (Å²) in [5.41, 5.74) is 3.91. The number of benzene rings is 3. The SMILES string of the molecule is Cc1cc(C(=O)O)ccc1-c1ccc(/C=C2\SC(=NCc3ccccc3)N(Cc3ccccc3)C2=O)o1. The highest BCUT2D eigenvalue weighted by Crippen LogP contribution is 2.35. The first-order valence-electron chi connectivity index (χ1n) is 11.8. The lowest BCUT2D eigenvalue weighted by Gasteiger charge is -2.15. The summed E-state index contributed by atoms with van der Waals surface area (Å²) >= 11 is 1.34. The van der Waals surface area contributed by atoms with Gasteiger partial charge in [0.1, 0.15) is 11.5 Å². The third kappa shape index (κ3) is 5.57. The summed E-state index contributed by atoms with van der Waals surface area (Å²) in [6.45, 7) is 2.75. The van der Waals surface area contributed by atoms with Crippen LogP contribution in [-0.4, -0.2) is 27.1 Å². The van der Waals surface area contributed by atoms with E-state index in [4.69, 9.17) is 9.41 Å². The summed E-state index contributed by atoms with van der Waals surface area (Å²) < 4.78 is 6.03. The second-order valence-corrected chi connectivity index (χ2v) is 9.62. The summed E-state index contributed by atoms with van der Waals surface area (Å²) in [5, 5.41) is 9.87. The minimum atomic E-state index is -0.971. The van der Waals surface area contributed by atoms with Crippen LogP contribution in [0.1, 0.15) is 32.8 Å². The highest BCUT2D eigenvalue weighted by Gasteiger charge is 2.33. The van der Waals surface area contributed by atoms with E-state index in [2.05, 4.69) is 0 Å². The van der Waals surface area contributed by atoms with E-state index in [1.54, 1.807) is 35.2 Å². The van der Waals surface area contributed by atoms with Crippen LogP contribution in [0, 0.1) is 6.92 Å². The van der Waals surface area contributed by atoms with Gasteiger partial charge in [-0.15, -0.1) is 0 Å². The lowest BCUT2D eigenvalue weighted by Crippen LogP contribution is -2.28. The largest absolute Gasteiger partial charge is 0.478 e. The minimum Gasteiger partial charge on any atom is -0.478 e. The summed E-state index contributed by atoms with van der Waals surface area (Å²) in [6, 6.07) is 28.3. The van der Waals surface area contributed by atoms with Crippen molar-refractivity contribution in [3.63, 3.8) is 0 Å². The summed E-state index contributed by atoms with van der Waals surface area (Å²) in [5.74, 6) is 0.0501. The third-order valence-electron chi connectivity index (χ3n) is 5.95. The van der Waals surface area contributed by atoms with Gasteiger partial charge in [-0.3, -0.25) is 14.7 Å². The third-order valence-corrected chi connectivity index (χ3v) is 6.99. The van der Waals surface area contributed by atoms with Gasteiger partial charge >= 0.3 is 5.97 Å². The molecule has 0 atom stereocenters. The highest BCUT2D eigenvalue weighted by molar-refractivity contribution is 8.18. The Bertz CT molecular complexity index is 1510. The molecule has 1 N–H and O–H groups in total. The van der Waals surface area contributed by atoms with E-state index in [0.717, 1.165) is 22.3 Å². The predicted octanol–water partition coefficient (Wildman–Crippen LogP) is 6.63. The van der Waals surface area contributed by atoms with Crippen LogP contribution in [0.15, 0.2) is 105 Å². The molecule has 1 saturated heterocycles. The normalized spacial score (nSPS) is 15.6. The first-order chi connectivity index (χ1) is 18.0. The molecule has 0 aliphatic carbocycles. The molecule has 1 aromatic heterocycles. The number of aromatic carboxylic acids is 1. The van der Waals surface area contributed by atoms with Crippen LogP contribution in [-0.2, 0) is 17.9 Å². The van der Waals surface area contributed by atoms with Crippen molar-refractivity contribution >= 4 is 34.9 Å². The molecule has 0 radical (unpaired) electrons. The number of hydrogen-bond acceptors (Lipinski definition) is 5. The molecule has 184 valence electrons. The Balaban J connectivity index is 1.42.